The Kier molecular flexibility index (Phi) is 4.03. The van der Waals surface area contributed by atoms with E-state index in [1.807, 2.05) is 17.5 Å². The van der Waals surface area contributed by atoms with Gasteiger partial charge >= 0.3 is 0 Å². The third kappa shape index (κ3) is 2.72. The topological polar surface area (TPSA) is 19.4 Å². The van der Waals surface area contributed by atoms with Crippen LogP contribution in [0.25, 0.3) is 0 Å². The highest BCUT2D eigenvalue weighted by Gasteiger charge is 2.28. The zero-order valence-electron chi connectivity index (χ0n) is 12.1. The summed E-state index contributed by atoms with van der Waals surface area (Å²) in [7, 11) is 4.29. The van der Waals surface area contributed by atoms with Crippen LogP contribution in [0, 0.1) is 0 Å². The first-order chi connectivity index (χ1) is 9.75. The number of thiophene rings is 1. The van der Waals surface area contributed by atoms with Crippen molar-refractivity contribution < 1.29 is 0 Å². The minimum Gasteiger partial charge on any atom is -0.362 e. The molecule has 2 aromatic heterocycles. The predicted octanol–water partition coefficient (Wildman–Crippen LogP) is 3.20. The van der Waals surface area contributed by atoms with Gasteiger partial charge in [-0.1, -0.05) is 6.07 Å². The van der Waals surface area contributed by atoms with Gasteiger partial charge in [-0.25, -0.2) is 0 Å². The highest BCUT2D eigenvalue weighted by Crippen LogP contribution is 2.37. The van der Waals surface area contributed by atoms with Gasteiger partial charge in [0.1, 0.15) is 0 Å². The summed E-state index contributed by atoms with van der Waals surface area (Å²) >= 11 is 1.86. The van der Waals surface area contributed by atoms with E-state index in [1.54, 1.807) is 0 Å². The van der Waals surface area contributed by atoms with Gasteiger partial charge in [-0.15, -0.1) is 11.3 Å². The summed E-state index contributed by atoms with van der Waals surface area (Å²) in [6.45, 7) is 2.19. The summed E-state index contributed by atoms with van der Waals surface area (Å²) in [4.78, 5) is 10.8. The van der Waals surface area contributed by atoms with E-state index in [2.05, 4.69) is 58.5 Å². The van der Waals surface area contributed by atoms with E-state index in [4.69, 9.17) is 0 Å². The SMILES string of the molecule is CN(C)CCC(c1cccs1)N1CCc2ncccc21. The fourth-order valence-corrected chi connectivity index (χ4v) is 3.74. The molecule has 106 valence electrons. The molecular formula is C16H21N3S. The third-order valence-corrected chi connectivity index (χ3v) is 4.84. The van der Waals surface area contributed by atoms with Crippen molar-refractivity contribution in [1.29, 1.82) is 0 Å². The van der Waals surface area contributed by atoms with Crippen LogP contribution in [-0.4, -0.2) is 37.1 Å². The average molecular weight is 287 g/mol. The first-order valence-electron chi connectivity index (χ1n) is 7.14. The molecule has 0 aliphatic carbocycles. The van der Waals surface area contributed by atoms with Crippen molar-refractivity contribution >= 4 is 17.0 Å². The van der Waals surface area contributed by atoms with Crippen LogP contribution in [0.2, 0.25) is 0 Å². The maximum Gasteiger partial charge on any atom is 0.0654 e. The molecule has 1 aliphatic rings. The molecule has 3 heterocycles. The van der Waals surface area contributed by atoms with E-state index in [-0.39, 0.29) is 0 Å². The summed E-state index contributed by atoms with van der Waals surface area (Å²) < 4.78 is 0. The summed E-state index contributed by atoms with van der Waals surface area (Å²) in [5.74, 6) is 0. The lowest BCUT2D eigenvalue weighted by molar-refractivity contribution is 0.378. The molecule has 0 radical (unpaired) electrons. The van der Waals surface area contributed by atoms with Crippen molar-refractivity contribution in [3.8, 4) is 0 Å². The van der Waals surface area contributed by atoms with Crippen LogP contribution >= 0.6 is 11.3 Å². The van der Waals surface area contributed by atoms with Crippen molar-refractivity contribution in [2.24, 2.45) is 0 Å². The van der Waals surface area contributed by atoms with Crippen molar-refractivity contribution in [1.82, 2.24) is 9.88 Å². The zero-order chi connectivity index (χ0) is 13.9. The average Bonchev–Trinajstić information content (AvgIpc) is 3.09. The number of fused-ring (bicyclic) bond motifs is 1. The molecule has 1 unspecified atom stereocenters. The van der Waals surface area contributed by atoms with Crippen LogP contribution < -0.4 is 4.90 Å². The second kappa shape index (κ2) is 5.94. The molecule has 0 bridgehead atoms. The number of pyridine rings is 1. The molecule has 0 saturated heterocycles. The van der Waals surface area contributed by atoms with Crippen LogP contribution in [0.1, 0.15) is 23.0 Å². The first-order valence-corrected chi connectivity index (χ1v) is 8.02. The van der Waals surface area contributed by atoms with E-state index in [0.717, 1.165) is 25.9 Å². The molecule has 0 aromatic carbocycles. The van der Waals surface area contributed by atoms with Crippen LogP contribution in [0.4, 0.5) is 5.69 Å². The molecular weight excluding hydrogens is 266 g/mol. The van der Waals surface area contributed by atoms with E-state index < -0.39 is 0 Å². The minimum absolute atomic E-state index is 0.475. The lowest BCUT2D eigenvalue weighted by Crippen LogP contribution is -2.29. The van der Waals surface area contributed by atoms with Gasteiger partial charge in [-0.05, 0) is 50.6 Å². The molecule has 0 fully saturated rings. The molecule has 2 aromatic rings. The van der Waals surface area contributed by atoms with Gasteiger partial charge < -0.3 is 9.80 Å². The molecule has 0 saturated carbocycles. The Balaban J connectivity index is 1.87. The molecule has 4 heteroatoms. The fraction of sp³-hybridized carbons (Fsp3) is 0.438. The predicted molar refractivity (Wildman–Crippen MR) is 85.5 cm³/mol. The Bertz CT molecular complexity index is 551. The number of hydrogen-bond acceptors (Lipinski definition) is 4. The minimum atomic E-state index is 0.475. The van der Waals surface area contributed by atoms with Gasteiger partial charge in [-0.2, -0.15) is 0 Å². The maximum absolute atomic E-state index is 4.52. The quantitative estimate of drug-likeness (QED) is 0.842. The Morgan fingerprint density at radius 2 is 2.25 bits per heavy atom. The van der Waals surface area contributed by atoms with Crippen LogP contribution in [-0.2, 0) is 6.42 Å². The van der Waals surface area contributed by atoms with E-state index in [9.17, 15) is 0 Å². The first kappa shape index (κ1) is 13.6. The molecule has 0 spiro atoms. The van der Waals surface area contributed by atoms with Crippen LogP contribution in [0.5, 0.6) is 0 Å². The van der Waals surface area contributed by atoms with Gasteiger partial charge in [-0.3, -0.25) is 4.98 Å². The van der Waals surface area contributed by atoms with Crippen molar-refractivity contribution in [3.63, 3.8) is 0 Å². The Morgan fingerprint density at radius 1 is 1.35 bits per heavy atom. The lowest BCUT2D eigenvalue weighted by Gasteiger charge is -2.30. The third-order valence-electron chi connectivity index (χ3n) is 3.86. The monoisotopic (exact) mass is 287 g/mol. The number of nitrogens with zero attached hydrogens (tertiary/aromatic N) is 3. The number of rotatable bonds is 5. The number of hydrogen-bond donors (Lipinski definition) is 0. The van der Waals surface area contributed by atoms with E-state index in [0.29, 0.717) is 6.04 Å². The summed E-state index contributed by atoms with van der Waals surface area (Å²) in [6, 6.07) is 9.16. The van der Waals surface area contributed by atoms with E-state index >= 15 is 0 Å². The zero-order valence-corrected chi connectivity index (χ0v) is 12.9. The smallest absolute Gasteiger partial charge is 0.0654 e. The Hall–Kier alpha value is -1.39. The van der Waals surface area contributed by atoms with Gasteiger partial charge in [0.05, 0.1) is 17.4 Å². The van der Waals surface area contributed by atoms with Gasteiger partial charge in [0, 0.05) is 24.0 Å². The standard InChI is InChI=1S/C16H21N3S/c1-18(2)10-8-15(16-6-4-12-20-16)19-11-7-13-14(19)5-3-9-17-13/h3-6,9,12,15H,7-8,10-11H2,1-2H3. The van der Waals surface area contributed by atoms with Gasteiger partial charge in [0.25, 0.3) is 0 Å². The number of anilines is 1. The van der Waals surface area contributed by atoms with Crippen molar-refractivity contribution in [2.75, 3.05) is 32.1 Å². The maximum atomic E-state index is 4.52. The highest BCUT2D eigenvalue weighted by atomic mass is 32.1. The Morgan fingerprint density at radius 3 is 3.00 bits per heavy atom. The summed E-state index contributed by atoms with van der Waals surface area (Å²) in [5.41, 5.74) is 2.57. The Labute approximate surface area is 124 Å². The molecule has 1 atom stereocenters. The van der Waals surface area contributed by atoms with Crippen LogP contribution in [0.3, 0.4) is 0 Å². The fourth-order valence-electron chi connectivity index (χ4n) is 2.87. The second-order valence-corrected chi connectivity index (χ2v) is 6.52. The van der Waals surface area contributed by atoms with Gasteiger partial charge in [0.15, 0.2) is 0 Å². The number of aromatic nitrogens is 1. The summed E-state index contributed by atoms with van der Waals surface area (Å²) in [6.07, 6.45) is 4.13. The molecule has 3 rings (SSSR count). The molecule has 3 nitrogen and oxygen atoms in total. The lowest BCUT2D eigenvalue weighted by atomic mass is 10.1. The normalized spacial score (nSPS) is 15.7. The van der Waals surface area contributed by atoms with Crippen molar-refractivity contribution in [3.05, 3.63) is 46.4 Å². The molecule has 1 aliphatic heterocycles. The van der Waals surface area contributed by atoms with Crippen molar-refractivity contribution in [2.45, 2.75) is 18.9 Å². The van der Waals surface area contributed by atoms with Crippen LogP contribution in [0.15, 0.2) is 35.8 Å². The van der Waals surface area contributed by atoms with Gasteiger partial charge in [0.2, 0.25) is 0 Å². The second-order valence-electron chi connectivity index (χ2n) is 5.54. The molecule has 0 N–H and O–H groups in total. The van der Waals surface area contributed by atoms with E-state index in [1.165, 1.54) is 16.3 Å². The summed E-state index contributed by atoms with van der Waals surface area (Å²) in [5, 5.41) is 2.18. The molecule has 0 amide bonds. The highest BCUT2D eigenvalue weighted by molar-refractivity contribution is 7.10. The molecule has 20 heavy (non-hydrogen) atoms. The largest absolute Gasteiger partial charge is 0.362 e.